The van der Waals surface area contributed by atoms with E-state index in [0.29, 0.717) is 0 Å². The molecular weight excluding hydrogens is 581 g/mol. The lowest BCUT2D eigenvalue weighted by atomic mass is 9.65. The molecule has 1 spiro atoms. The molecule has 9 aromatic rings. The van der Waals surface area contributed by atoms with Crippen molar-refractivity contribution >= 4 is 32.7 Å². The molecule has 2 nitrogen and oxygen atoms in total. The van der Waals surface area contributed by atoms with Crippen molar-refractivity contribution in [3.63, 3.8) is 0 Å². The number of rotatable bonds is 2. The molecule has 1 aliphatic carbocycles. The van der Waals surface area contributed by atoms with E-state index in [1.165, 1.54) is 77.6 Å². The molecule has 1 atom stereocenters. The Morgan fingerprint density at radius 3 is 1.98 bits per heavy atom. The van der Waals surface area contributed by atoms with Crippen molar-refractivity contribution < 1.29 is 0 Å². The summed E-state index contributed by atoms with van der Waals surface area (Å²) in [5, 5.41) is 3.75. The van der Waals surface area contributed by atoms with Crippen LogP contribution in [0.25, 0.3) is 71.8 Å². The van der Waals surface area contributed by atoms with Crippen molar-refractivity contribution in [2.75, 3.05) is 0 Å². The minimum atomic E-state index is -0.487. The molecule has 3 heterocycles. The van der Waals surface area contributed by atoms with Gasteiger partial charge in [0.1, 0.15) is 0 Å². The van der Waals surface area contributed by atoms with E-state index in [0.717, 1.165) is 16.5 Å². The quantitative estimate of drug-likeness (QED) is 0.191. The van der Waals surface area contributed by atoms with Crippen LogP contribution >= 0.6 is 0 Å². The van der Waals surface area contributed by atoms with Crippen LogP contribution in [0.2, 0.25) is 0 Å². The number of nitrogens with zero attached hydrogens (tertiary/aromatic N) is 2. The van der Waals surface area contributed by atoms with Crippen molar-refractivity contribution in [1.82, 2.24) is 9.55 Å². The molecule has 0 amide bonds. The molecule has 2 aliphatic rings. The Bertz CT molecular complexity index is 2790. The Kier molecular flexibility index (Phi) is 5.07. The lowest BCUT2D eigenvalue weighted by Crippen LogP contribution is -2.33. The number of aromatic nitrogens is 2. The molecule has 0 radical (unpaired) electrons. The molecule has 1 unspecified atom stereocenters. The first-order valence-corrected chi connectivity index (χ1v) is 16.6. The summed E-state index contributed by atoms with van der Waals surface area (Å²) in [6.07, 6.45) is 2.10. The second-order valence-electron chi connectivity index (χ2n) is 13.0. The molecule has 7 aromatic carbocycles. The molecule has 0 N–H and O–H groups in total. The van der Waals surface area contributed by atoms with Crippen LogP contribution in [0.5, 0.6) is 0 Å². The first kappa shape index (κ1) is 25.9. The van der Waals surface area contributed by atoms with Crippen LogP contribution in [0.3, 0.4) is 0 Å². The number of hydrogen-bond acceptors (Lipinski definition) is 1. The summed E-state index contributed by atoms with van der Waals surface area (Å²) in [7, 11) is 0. The van der Waals surface area contributed by atoms with Gasteiger partial charge in [-0.1, -0.05) is 146 Å². The fourth-order valence-electron chi connectivity index (χ4n) is 9.10. The second kappa shape index (κ2) is 9.40. The third kappa shape index (κ3) is 3.10. The normalized spacial score (nSPS) is 15.6. The van der Waals surface area contributed by atoms with E-state index in [1.54, 1.807) is 0 Å². The zero-order chi connectivity index (χ0) is 31.4. The van der Waals surface area contributed by atoms with Crippen LogP contribution in [-0.4, -0.2) is 9.55 Å². The van der Waals surface area contributed by atoms with E-state index >= 15 is 0 Å². The third-order valence-corrected chi connectivity index (χ3v) is 10.8. The number of benzene rings is 7. The predicted octanol–water partition coefficient (Wildman–Crippen LogP) is 11.3. The van der Waals surface area contributed by atoms with Gasteiger partial charge in [-0.2, -0.15) is 0 Å². The smallest absolute Gasteiger partial charge is 0.0754 e. The van der Waals surface area contributed by atoms with Crippen molar-refractivity contribution in [3.05, 3.63) is 192 Å². The van der Waals surface area contributed by atoms with Gasteiger partial charge >= 0.3 is 0 Å². The monoisotopic (exact) mass is 608 g/mol. The molecule has 0 fully saturated rings. The average Bonchev–Trinajstić information content (AvgIpc) is 3.66. The lowest BCUT2D eigenvalue weighted by molar-refractivity contribution is 0.748. The van der Waals surface area contributed by atoms with Gasteiger partial charge in [0.25, 0.3) is 0 Å². The standard InChI is InChI=1S/C46H28N2/c1-2-14-29(15-3-1)43-34-18-5-9-25-40(34)47-28-35(43)31-19-12-23-38-44(31)33-17-4-7-21-36(33)46(38)37-22-8-11-27-42(37)48-41-26-10-6-16-30(41)32-20-13-24-39(46)45(32)48/h1-28H. The fraction of sp³-hybridized carbons (Fsp3) is 0.0217. The first-order chi connectivity index (χ1) is 23.9. The summed E-state index contributed by atoms with van der Waals surface area (Å²) in [5.41, 5.74) is 17.0. The molecule has 2 heteroatoms. The van der Waals surface area contributed by atoms with Crippen LogP contribution in [0.1, 0.15) is 22.3 Å². The second-order valence-corrected chi connectivity index (χ2v) is 13.0. The fourth-order valence-corrected chi connectivity index (χ4v) is 9.10. The van der Waals surface area contributed by atoms with E-state index < -0.39 is 5.41 Å². The largest absolute Gasteiger partial charge is 0.309 e. The summed E-state index contributed by atoms with van der Waals surface area (Å²) >= 11 is 0. The van der Waals surface area contributed by atoms with Gasteiger partial charge in [0.2, 0.25) is 0 Å². The highest BCUT2D eigenvalue weighted by atomic mass is 15.0. The molecule has 11 rings (SSSR count). The maximum atomic E-state index is 5.05. The van der Waals surface area contributed by atoms with Crippen molar-refractivity contribution in [3.8, 4) is 39.1 Å². The van der Waals surface area contributed by atoms with Crippen molar-refractivity contribution in [2.45, 2.75) is 5.41 Å². The van der Waals surface area contributed by atoms with E-state index in [2.05, 4.69) is 175 Å². The Morgan fingerprint density at radius 2 is 1.06 bits per heavy atom. The Balaban J connectivity index is 1.32. The van der Waals surface area contributed by atoms with Crippen molar-refractivity contribution in [2.24, 2.45) is 0 Å². The number of para-hydroxylation sites is 4. The molecule has 0 saturated heterocycles. The van der Waals surface area contributed by atoms with Gasteiger partial charge in [0.15, 0.2) is 0 Å². The highest BCUT2D eigenvalue weighted by molar-refractivity contribution is 6.13. The Morgan fingerprint density at radius 1 is 0.417 bits per heavy atom. The van der Waals surface area contributed by atoms with Crippen LogP contribution in [-0.2, 0) is 5.41 Å². The van der Waals surface area contributed by atoms with Crippen LogP contribution < -0.4 is 0 Å². The maximum Gasteiger partial charge on any atom is 0.0754 e. The summed E-state index contributed by atoms with van der Waals surface area (Å²) in [5.74, 6) is 0. The zero-order valence-corrected chi connectivity index (χ0v) is 26.1. The highest BCUT2D eigenvalue weighted by Gasteiger charge is 2.51. The number of pyridine rings is 1. The first-order valence-electron chi connectivity index (χ1n) is 16.6. The van der Waals surface area contributed by atoms with Gasteiger partial charge < -0.3 is 4.57 Å². The van der Waals surface area contributed by atoms with Gasteiger partial charge in [0, 0.05) is 33.5 Å². The topological polar surface area (TPSA) is 17.8 Å². The van der Waals surface area contributed by atoms with Gasteiger partial charge in [-0.3, -0.25) is 4.98 Å². The molecule has 2 aromatic heterocycles. The minimum absolute atomic E-state index is 0.487. The Labute approximate surface area is 278 Å². The molecule has 222 valence electrons. The minimum Gasteiger partial charge on any atom is -0.309 e. The molecule has 0 saturated carbocycles. The average molecular weight is 609 g/mol. The van der Waals surface area contributed by atoms with Crippen LogP contribution in [0.4, 0.5) is 0 Å². The Hall–Kier alpha value is -6.25. The van der Waals surface area contributed by atoms with Gasteiger partial charge in [-0.15, -0.1) is 0 Å². The van der Waals surface area contributed by atoms with Crippen LogP contribution in [0.15, 0.2) is 170 Å². The van der Waals surface area contributed by atoms with E-state index in [4.69, 9.17) is 4.98 Å². The van der Waals surface area contributed by atoms with Gasteiger partial charge in [0.05, 0.1) is 27.7 Å². The number of fused-ring (bicyclic) bond motifs is 13. The van der Waals surface area contributed by atoms with E-state index in [9.17, 15) is 0 Å². The summed E-state index contributed by atoms with van der Waals surface area (Å²) in [4.78, 5) is 5.05. The highest BCUT2D eigenvalue weighted by Crippen LogP contribution is 2.62. The van der Waals surface area contributed by atoms with Gasteiger partial charge in [-0.05, 0) is 62.7 Å². The summed E-state index contributed by atoms with van der Waals surface area (Å²) < 4.78 is 2.51. The summed E-state index contributed by atoms with van der Waals surface area (Å²) in [6.45, 7) is 0. The third-order valence-electron chi connectivity index (χ3n) is 10.8. The number of hydrogen-bond donors (Lipinski definition) is 0. The zero-order valence-electron chi connectivity index (χ0n) is 26.1. The summed E-state index contributed by atoms with van der Waals surface area (Å²) in [6, 6.07) is 60.2. The maximum absolute atomic E-state index is 5.05. The lowest BCUT2D eigenvalue weighted by Gasteiger charge is -2.39. The van der Waals surface area contributed by atoms with Crippen LogP contribution in [0, 0.1) is 0 Å². The van der Waals surface area contributed by atoms with Crippen molar-refractivity contribution in [1.29, 1.82) is 0 Å². The predicted molar refractivity (Wildman–Crippen MR) is 198 cm³/mol. The SMILES string of the molecule is c1ccc(-c2c(-c3cccc4c3-c3ccccc3C43c4ccccc4-n4c5ccccc5c5cccc3c54)cnc3ccccc23)cc1. The molecule has 1 aliphatic heterocycles. The van der Waals surface area contributed by atoms with E-state index in [1.807, 2.05) is 0 Å². The van der Waals surface area contributed by atoms with E-state index in [-0.39, 0.29) is 0 Å². The molecular formula is C46H28N2. The van der Waals surface area contributed by atoms with Gasteiger partial charge in [-0.25, -0.2) is 0 Å². The molecule has 48 heavy (non-hydrogen) atoms. The molecule has 0 bridgehead atoms.